The van der Waals surface area contributed by atoms with Crippen molar-refractivity contribution in [1.82, 2.24) is 0 Å². The number of hydrogen-bond acceptors (Lipinski definition) is 5. The van der Waals surface area contributed by atoms with Crippen LogP contribution < -0.4 is 9.64 Å². The first-order valence-corrected chi connectivity index (χ1v) is 10.5. The Balaban J connectivity index is 1.99. The van der Waals surface area contributed by atoms with Crippen LogP contribution in [0.25, 0.3) is 5.76 Å². The van der Waals surface area contributed by atoms with Gasteiger partial charge in [0.2, 0.25) is 0 Å². The zero-order valence-electron chi connectivity index (χ0n) is 18.0. The quantitative estimate of drug-likeness (QED) is 0.271. The Morgan fingerprint density at radius 3 is 2.40 bits per heavy atom. The van der Waals surface area contributed by atoms with E-state index >= 15 is 0 Å². The van der Waals surface area contributed by atoms with E-state index in [1.807, 2.05) is 0 Å². The van der Waals surface area contributed by atoms with Crippen LogP contribution in [0.2, 0.25) is 5.02 Å². The molecule has 1 atom stereocenters. The molecule has 0 spiro atoms. The van der Waals surface area contributed by atoms with E-state index in [1.165, 1.54) is 55.6 Å². The lowest BCUT2D eigenvalue weighted by atomic mass is 9.94. The van der Waals surface area contributed by atoms with E-state index in [1.54, 1.807) is 0 Å². The van der Waals surface area contributed by atoms with Gasteiger partial charge in [-0.15, -0.1) is 0 Å². The van der Waals surface area contributed by atoms with Gasteiger partial charge in [0.25, 0.3) is 11.7 Å². The molecule has 0 aromatic heterocycles. The normalized spacial score (nSPS) is 17.6. The van der Waals surface area contributed by atoms with Gasteiger partial charge in [0.1, 0.15) is 17.3 Å². The summed E-state index contributed by atoms with van der Waals surface area (Å²) < 4.78 is 45.2. The summed E-state index contributed by atoms with van der Waals surface area (Å²) in [4.78, 5) is 27.1. The molecule has 1 aliphatic rings. The maximum absolute atomic E-state index is 13.4. The smallest absolute Gasteiger partial charge is 0.416 e. The number of Topliss-reactive ketones (excluding diaryl/α,β-unsaturated/α-hetero) is 1. The number of rotatable bonds is 4. The molecule has 2 N–H and O–H groups in total. The van der Waals surface area contributed by atoms with Crippen molar-refractivity contribution < 1.29 is 37.7 Å². The Kier molecular flexibility index (Phi) is 6.21. The third-order valence-corrected chi connectivity index (χ3v) is 5.84. The van der Waals surface area contributed by atoms with Crippen LogP contribution in [0.15, 0.2) is 72.3 Å². The minimum Gasteiger partial charge on any atom is -0.508 e. The highest BCUT2D eigenvalue weighted by atomic mass is 35.5. The second-order valence-corrected chi connectivity index (χ2v) is 8.07. The average Bonchev–Trinajstić information content (AvgIpc) is 3.09. The van der Waals surface area contributed by atoms with Crippen LogP contribution in [0.1, 0.15) is 22.7 Å². The van der Waals surface area contributed by atoms with E-state index in [0.717, 1.165) is 23.1 Å². The van der Waals surface area contributed by atoms with Crippen LogP contribution in [-0.4, -0.2) is 29.0 Å². The highest BCUT2D eigenvalue weighted by Crippen LogP contribution is 2.44. The fourth-order valence-electron chi connectivity index (χ4n) is 3.90. The molecule has 1 heterocycles. The van der Waals surface area contributed by atoms with Crippen LogP contribution in [0.5, 0.6) is 11.5 Å². The molecule has 35 heavy (non-hydrogen) atoms. The Labute approximate surface area is 202 Å². The summed E-state index contributed by atoms with van der Waals surface area (Å²) in [6.45, 7) is 0. The van der Waals surface area contributed by atoms with Crippen molar-refractivity contribution in [3.05, 3.63) is 94.0 Å². The summed E-state index contributed by atoms with van der Waals surface area (Å²) in [5.41, 5.74) is -1.48. The first-order valence-electron chi connectivity index (χ1n) is 10.1. The van der Waals surface area contributed by atoms with Crippen LogP contribution in [0, 0.1) is 0 Å². The lowest BCUT2D eigenvalue weighted by Gasteiger charge is -2.26. The van der Waals surface area contributed by atoms with Crippen molar-refractivity contribution >= 4 is 34.7 Å². The van der Waals surface area contributed by atoms with Crippen molar-refractivity contribution in [2.24, 2.45) is 0 Å². The van der Waals surface area contributed by atoms with E-state index in [-0.39, 0.29) is 27.6 Å². The number of halogens is 4. The molecular weight excluding hydrogens is 487 g/mol. The molecule has 1 amide bonds. The summed E-state index contributed by atoms with van der Waals surface area (Å²) in [5, 5.41) is 21.2. The molecule has 0 saturated carbocycles. The number of nitrogens with zero attached hydrogens (tertiary/aromatic N) is 1. The molecule has 1 aliphatic heterocycles. The fraction of sp³-hybridized carbons (Fsp3) is 0.120. The topological polar surface area (TPSA) is 87.1 Å². The van der Waals surface area contributed by atoms with Crippen molar-refractivity contribution in [1.29, 1.82) is 0 Å². The number of ether oxygens (including phenoxy) is 1. The molecule has 4 rings (SSSR count). The number of alkyl halides is 3. The first-order chi connectivity index (χ1) is 16.5. The van der Waals surface area contributed by atoms with Crippen LogP contribution in [0.3, 0.4) is 0 Å². The number of anilines is 1. The number of phenols is 1. The number of carbonyl (C=O) groups is 2. The van der Waals surface area contributed by atoms with Gasteiger partial charge < -0.3 is 14.9 Å². The van der Waals surface area contributed by atoms with E-state index in [0.29, 0.717) is 5.75 Å². The Bertz CT molecular complexity index is 1370. The number of phenolic OH excluding ortho intramolecular Hbond substituents is 1. The zero-order chi connectivity index (χ0) is 25.5. The van der Waals surface area contributed by atoms with Gasteiger partial charge in [-0.25, -0.2) is 0 Å². The number of aliphatic hydroxyl groups is 1. The summed E-state index contributed by atoms with van der Waals surface area (Å²) in [6.07, 6.45) is -4.70. The Morgan fingerprint density at radius 2 is 1.74 bits per heavy atom. The third kappa shape index (κ3) is 4.42. The Morgan fingerprint density at radius 1 is 1.03 bits per heavy atom. The number of methoxy groups -OCH3 is 1. The van der Waals surface area contributed by atoms with E-state index in [2.05, 4.69) is 0 Å². The Hall–Kier alpha value is -3.98. The van der Waals surface area contributed by atoms with Gasteiger partial charge in [0.15, 0.2) is 0 Å². The highest BCUT2D eigenvalue weighted by molar-refractivity contribution is 6.52. The van der Waals surface area contributed by atoms with Crippen LogP contribution >= 0.6 is 11.6 Å². The SMILES string of the molecule is COc1ccc(Cl)c(/C(O)=C2\C(=O)C(=O)N(c3cccc(C(F)(F)F)c3)C2c2cccc(O)c2)c1. The molecule has 3 aromatic carbocycles. The second kappa shape index (κ2) is 8.99. The highest BCUT2D eigenvalue weighted by Gasteiger charge is 2.47. The predicted octanol–water partition coefficient (Wildman–Crippen LogP) is 5.70. The van der Waals surface area contributed by atoms with Crippen LogP contribution in [-0.2, 0) is 15.8 Å². The first kappa shape index (κ1) is 24.2. The summed E-state index contributed by atoms with van der Waals surface area (Å²) in [6, 6.07) is 12.4. The maximum atomic E-state index is 13.4. The number of hydrogen-bond donors (Lipinski definition) is 2. The number of ketones is 1. The standard InChI is InChI=1S/C25H17ClF3NO5/c1-35-17-8-9-19(26)18(12-17)22(32)20-21(13-4-2-7-16(31)10-13)30(24(34)23(20)33)15-6-3-5-14(11-15)25(27,28)29/h2-12,21,31-32H,1H3/b22-20+. The lowest BCUT2D eigenvalue weighted by molar-refractivity contribution is -0.137. The number of amides is 1. The van der Waals surface area contributed by atoms with Crippen molar-refractivity contribution in [3.8, 4) is 11.5 Å². The van der Waals surface area contributed by atoms with Gasteiger partial charge in [-0.2, -0.15) is 13.2 Å². The van der Waals surface area contributed by atoms with Gasteiger partial charge in [-0.05, 0) is 54.1 Å². The third-order valence-electron chi connectivity index (χ3n) is 5.51. The molecule has 180 valence electrons. The number of aliphatic hydroxyl groups excluding tert-OH is 1. The van der Waals surface area contributed by atoms with E-state index in [4.69, 9.17) is 16.3 Å². The minimum absolute atomic E-state index is 0.0155. The van der Waals surface area contributed by atoms with Gasteiger partial charge in [-0.3, -0.25) is 14.5 Å². The lowest BCUT2D eigenvalue weighted by Crippen LogP contribution is -2.29. The molecule has 1 fully saturated rings. The summed E-state index contributed by atoms with van der Waals surface area (Å²) in [5.74, 6) is -2.84. The van der Waals surface area contributed by atoms with Crippen LogP contribution in [0.4, 0.5) is 18.9 Å². The zero-order valence-corrected chi connectivity index (χ0v) is 18.8. The molecule has 6 nitrogen and oxygen atoms in total. The van der Waals surface area contributed by atoms with Gasteiger partial charge in [0, 0.05) is 11.3 Å². The van der Waals surface area contributed by atoms with Gasteiger partial charge >= 0.3 is 6.18 Å². The largest absolute Gasteiger partial charge is 0.508 e. The number of aromatic hydroxyl groups is 1. The molecule has 1 saturated heterocycles. The van der Waals surface area contributed by atoms with Gasteiger partial charge in [-0.1, -0.05) is 29.8 Å². The molecule has 0 aliphatic carbocycles. The number of carbonyl (C=O) groups excluding carboxylic acids is 2. The van der Waals surface area contributed by atoms with Crippen molar-refractivity contribution in [2.75, 3.05) is 12.0 Å². The van der Waals surface area contributed by atoms with Crippen molar-refractivity contribution in [2.45, 2.75) is 12.2 Å². The monoisotopic (exact) mass is 503 g/mol. The fourth-order valence-corrected chi connectivity index (χ4v) is 4.11. The average molecular weight is 504 g/mol. The molecule has 3 aromatic rings. The molecule has 0 radical (unpaired) electrons. The molecule has 10 heteroatoms. The van der Waals surface area contributed by atoms with Gasteiger partial charge in [0.05, 0.1) is 29.3 Å². The van der Waals surface area contributed by atoms with E-state index in [9.17, 15) is 33.0 Å². The summed E-state index contributed by atoms with van der Waals surface area (Å²) >= 11 is 6.23. The molecule has 1 unspecified atom stereocenters. The second-order valence-electron chi connectivity index (χ2n) is 7.66. The number of benzene rings is 3. The predicted molar refractivity (Wildman–Crippen MR) is 122 cm³/mol. The minimum atomic E-state index is -4.70. The van der Waals surface area contributed by atoms with E-state index < -0.39 is 40.8 Å². The van der Waals surface area contributed by atoms with Crippen molar-refractivity contribution in [3.63, 3.8) is 0 Å². The molecule has 0 bridgehead atoms. The maximum Gasteiger partial charge on any atom is 0.416 e. The summed E-state index contributed by atoms with van der Waals surface area (Å²) in [7, 11) is 1.38. The molecular formula is C25H17ClF3NO5.